The molecule has 4 saturated carbocycles. The molecule has 9 rings (SSSR count). The molecule has 4 heterocycles. The lowest BCUT2D eigenvalue weighted by atomic mass is 9.33. The summed E-state index contributed by atoms with van der Waals surface area (Å²) in [5.41, 5.74) is -2.24. The fraction of sp³-hybridized carbons (Fsp3) is 0.943. The summed E-state index contributed by atoms with van der Waals surface area (Å²) in [5.74, 6) is -0.857. The van der Waals surface area contributed by atoms with Crippen LogP contribution in [0.25, 0.3) is 0 Å². The largest absolute Gasteiger partial charge is 0.432 e. The molecule has 27 unspecified atom stereocenters. The van der Waals surface area contributed by atoms with E-state index in [1.165, 1.54) is 0 Å². The first-order valence-corrected chi connectivity index (χ1v) is 27.4. The molecule has 0 aromatic rings. The van der Waals surface area contributed by atoms with Crippen molar-refractivity contribution in [3.63, 3.8) is 0 Å². The first kappa shape index (κ1) is 59.0. The highest BCUT2D eigenvalue weighted by molar-refractivity contribution is 5.79. The topological polar surface area (TPSA) is 374 Å². The number of aliphatic hydroxyl groups is 14. The molecule has 5 aliphatic carbocycles. The van der Waals surface area contributed by atoms with E-state index in [0.29, 0.717) is 44.9 Å². The van der Waals surface area contributed by atoms with Crippen LogP contribution in [0.5, 0.6) is 0 Å². The average Bonchev–Trinajstić information content (AvgIpc) is 3.42. The van der Waals surface area contributed by atoms with Gasteiger partial charge in [-0.3, -0.25) is 4.79 Å². The maximum absolute atomic E-state index is 15.1. The van der Waals surface area contributed by atoms with Crippen molar-refractivity contribution in [3.05, 3.63) is 11.6 Å². The van der Waals surface area contributed by atoms with Crippen molar-refractivity contribution in [2.75, 3.05) is 33.0 Å². The van der Waals surface area contributed by atoms with E-state index in [1.54, 1.807) is 0 Å². The maximum atomic E-state index is 15.1. The number of esters is 1. The van der Waals surface area contributed by atoms with Crippen molar-refractivity contribution in [2.24, 2.45) is 50.2 Å². The summed E-state index contributed by atoms with van der Waals surface area (Å²) in [5, 5.41) is 149. The predicted octanol–water partition coefficient (Wildman–Crippen LogP) is -2.42. The molecular formula is C53H86O23. The molecule has 0 aromatic carbocycles. The van der Waals surface area contributed by atoms with Crippen LogP contribution in [0, 0.1) is 50.2 Å². The van der Waals surface area contributed by atoms with E-state index in [9.17, 15) is 71.5 Å². The van der Waals surface area contributed by atoms with E-state index in [0.717, 1.165) is 24.8 Å². The van der Waals surface area contributed by atoms with Gasteiger partial charge in [0.25, 0.3) is 0 Å². The highest BCUT2D eigenvalue weighted by Crippen LogP contribution is 2.76. The Morgan fingerprint density at radius 3 is 1.82 bits per heavy atom. The predicted molar refractivity (Wildman–Crippen MR) is 258 cm³/mol. The number of allylic oxidation sites excluding steroid dienone is 1. The molecule has 0 amide bonds. The molecule has 23 nitrogen and oxygen atoms in total. The van der Waals surface area contributed by atoms with E-state index in [4.69, 9.17) is 37.9 Å². The fourth-order valence-electron chi connectivity index (χ4n) is 16.3. The van der Waals surface area contributed by atoms with Crippen LogP contribution in [0.4, 0.5) is 0 Å². The van der Waals surface area contributed by atoms with Gasteiger partial charge in [0.05, 0.1) is 44.6 Å². The minimum atomic E-state index is -1.87. The Morgan fingerprint density at radius 1 is 0.605 bits per heavy atom. The molecule has 14 N–H and O–H groups in total. The number of carbonyl (C=O) groups excluding carboxylic acids is 1. The minimum absolute atomic E-state index is 0.0805. The van der Waals surface area contributed by atoms with Crippen LogP contribution in [-0.2, 0) is 42.7 Å². The van der Waals surface area contributed by atoms with Crippen LogP contribution >= 0.6 is 0 Å². The number of aliphatic hydroxyl groups excluding tert-OH is 14. The van der Waals surface area contributed by atoms with Gasteiger partial charge < -0.3 is 109 Å². The SMILES string of the molecule is CC1(C)CCC2(C(=O)OC3OC(COC4OC(CO)C(O)C(O)C4O)C(O)C(O)C3O)CCC3(CO)C(=CCC4C5(C)CCC(OC6OCC(O)C(O)C6OC6OC(CO)C(O)C(O)C6O)C(C)(C)C5CCC43C)C2C1. The lowest BCUT2D eigenvalue weighted by Gasteiger charge is -2.71. The van der Waals surface area contributed by atoms with Crippen molar-refractivity contribution < 1.29 is 114 Å². The van der Waals surface area contributed by atoms with Gasteiger partial charge >= 0.3 is 5.97 Å². The highest BCUT2D eigenvalue weighted by Gasteiger charge is 2.71. The van der Waals surface area contributed by atoms with Gasteiger partial charge in [0.1, 0.15) is 91.6 Å². The van der Waals surface area contributed by atoms with Crippen molar-refractivity contribution in [2.45, 2.75) is 229 Å². The van der Waals surface area contributed by atoms with Crippen molar-refractivity contribution in [3.8, 4) is 0 Å². The number of hydrogen-bond acceptors (Lipinski definition) is 23. The zero-order valence-corrected chi connectivity index (χ0v) is 44.4. The van der Waals surface area contributed by atoms with Crippen LogP contribution in [0.1, 0.15) is 106 Å². The van der Waals surface area contributed by atoms with Crippen LogP contribution in [-0.4, -0.2) is 233 Å². The highest BCUT2D eigenvalue weighted by atomic mass is 16.8. The van der Waals surface area contributed by atoms with Crippen LogP contribution in [0.3, 0.4) is 0 Å². The zero-order chi connectivity index (χ0) is 55.4. The molecule has 0 spiro atoms. The zero-order valence-electron chi connectivity index (χ0n) is 44.4. The summed E-state index contributed by atoms with van der Waals surface area (Å²) in [4.78, 5) is 15.1. The molecule has 8 fully saturated rings. The van der Waals surface area contributed by atoms with Gasteiger partial charge in [-0.1, -0.05) is 53.2 Å². The molecule has 23 heteroatoms. The number of fused-ring (bicyclic) bond motifs is 7. The lowest BCUT2D eigenvalue weighted by Crippen LogP contribution is -2.67. The first-order chi connectivity index (χ1) is 35.7. The summed E-state index contributed by atoms with van der Waals surface area (Å²) >= 11 is 0. The molecule has 0 radical (unpaired) electrons. The lowest BCUT2D eigenvalue weighted by molar-refractivity contribution is -0.367. The Labute approximate surface area is 442 Å². The normalized spacial score (nSPS) is 53.0. The van der Waals surface area contributed by atoms with Gasteiger partial charge in [0.2, 0.25) is 6.29 Å². The van der Waals surface area contributed by atoms with E-state index in [-0.39, 0.29) is 41.8 Å². The second kappa shape index (κ2) is 21.6. The van der Waals surface area contributed by atoms with E-state index >= 15 is 4.79 Å². The van der Waals surface area contributed by atoms with Gasteiger partial charge in [-0.05, 0) is 104 Å². The van der Waals surface area contributed by atoms with Gasteiger partial charge in [-0.25, -0.2) is 0 Å². The first-order valence-electron chi connectivity index (χ1n) is 27.4. The molecule has 9 aliphatic rings. The maximum Gasteiger partial charge on any atom is 0.315 e. The summed E-state index contributed by atoms with van der Waals surface area (Å²) in [6.45, 7) is 10.8. The number of rotatable bonds is 12. The van der Waals surface area contributed by atoms with Crippen molar-refractivity contribution in [1.82, 2.24) is 0 Å². The quantitative estimate of drug-likeness (QED) is 0.0549. The van der Waals surface area contributed by atoms with Crippen molar-refractivity contribution >= 4 is 5.97 Å². The third kappa shape index (κ3) is 9.56. The smallest absolute Gasteiger partial charge is 0.315 e. The Bertz CT molecular complexity index is 2080. The van der Waals surface area contributed by atoms with Gasteiger partial charge in [0.15, 0.2) is 18.9 Å². The standard InChI is InChI=1S/C53H86O23/c1-48(2)13-14-52(47(68)76-45-41(67)38(64)35(61)28(73-45)21-70-43-39(65)36(62)33(59)26(18-54)71-43)15-16-53(22-56)23(24(52)17-48)7-8-30-50(5)11-10-31(49(3,4)29(50)9-12-51(30,53)6)74-46-42(32(58)25(57)20-69-46)75-44-40(66)37(63)34(60)27(19-55)72-44/h7,24-46,54-67H,8-22H2,1-6H3. The third-order valence-electron chi connectivity index (χ3n) is 21.0. The summed E-state index contributed by atoms with van der Waals surface area (Å²) in [6.07, 6.45) is -22.5. The molecule has 4 aliphatic heterocycles. The van der Waals surface area contributed by atoms with Gasteiger partial charge in [0, 0.05) is 5.41 Å². The second-order valence-corrected chi connectivity index (χ2v) is 25.8. The molecule has 436 valence electrons. The number of ether oxygens (including phenoxy) is 8. The van der Waals surface area contributed by atoms with Gasteiger partial charge in [-0.2, -0.15) is 0 Å². The Morgan fingerprint density at radius 2 is 1.18 bits per heavy atom. The number of hydrogen-bond donors (Lipinski definition) is 14. The average molecular weight is 1090 g/mol. The molecular weight excluding hydrogens is 1000 g/mol. The second-order valence-electron chi connectivity index (χ2n) is 25.8. The summed E-state index contributed by atoms with van der Waals surface area (Å²) in [7, 11) is 0. The van der Waals surface area contributed by atoms with Crippen LogP contribution < -0.4 is 0 Å². The summed E-state index contributed by atoms with van der Waals surface area (Å²) < 4.78 is 47.5. The third-order valence-corrected chi connectivity index (χ3v) is 21.0. The summed E-state index contributed by atoms with van der Waals surface area (Å²) in [6, 6.07) is 0. The molecule has 0 aromatic heterocycles. The monoisotopic (exact) mass is 1090 g/mol. The minimum Gasteiger partial charge on any atom is -0.432 e. The molecule has 4 saturated heterocycles. The van der Waals surface area contributed by atoms with Crippen molar-refractivity contribution in [1.29, 1.82) is 0 Å². The van der Waals surface area contributed by atoms with E-state index in [2.05, 4.69) is 47.6 Å². The van der Waals surface area contributed by atoms with E-state index < -0.39 is 170 Å². The number of carbonyl (C=O) groups is 1. The Balaban J connectivity index is 0.933. The van der Waals surface area contributed by atoms with Crippen LogP contribution in [0.2, 0.25) is 0 Å². The van der Waals surface area contributed by atoms with Gasteiger partial charge in [-0.15, -0.1) is 0 Å². The Hall–Kier alpha value is -1.63. The fourth-order valence-corrected chi connectivity index (χ4v) is 16.3. The van der Waals surface area contributed by atoms with E-state index in [1.807, 2.05) is 0 Å². The molecule has 27 atom stereocenters. The Kier molecular flexibility index (Phi) is 16.8. The van der Waals surface area contributed by atoms with Crippen LogP contribution in [0.15, 0.2) is 11.6 Å². The molecule has 76 heavy (non-hydrogen) atoms. The molecule has 0 bridgehead atoms.